The van der Waals surface area contributed by atoms with Crippen LogP contribution in [-0.2, 0) is 0 Å². The second kappa shape index (κ2) is 11.8. The summed E-state index contributed by atoms with van der Waals surface area (Å²) in [7, 11) is 0. The smallest absolute Gasteiger partial charge is 0.0627 e. The van der Waals surface area contributed by atoms with E-state index in [2.05, 4.69) is 0 Å². The molecule has 0 amide bonds. The maximum absolute atomic E-state index is 8.50. The molecule has 0 aliphatic heterocycles. The lowest BCUT2D eigenvalue weighted by Crippen LogP contribution is -2.37. The fraction of sp³-hybridized carbons (Fsp3) is 1.00. The minimum atomic E-state index is -1.11. The molecule has 0 aromatic rings. The summed E-state index contributed by atoms with van der Waals surface area (Å²) >= 11 is 0. The number of hydrogen-bond donors (Lipinski definition) is 4. The highest BCUT2D eigenvalue weighted by atomic mass is 35.5. The minimum absolute atomic E-state index is 0. The predicted octanol–water partition coefficient (Wildman–Crippen LogP) is -1.16. The summed E-state index contributed by atoms with van der Waals surface area (Å²) in [5.74, 6) is 0. The summed E-state index contributed by atoms with van der Waals surface area (Å²) in [4.78, 5) is 0. The van der Waals surface area contributed by atoms with E-state index < -0.39 is 31.8 Å². The fourth-order valence-corrected chi connectivity index (χ4v) is 0.300. The second-order valence-electron chi connectivity index (χ2n) is 2.13. The molecule has 0 rings (SSSR count). The van der Waals surface area contributed by atoms with Gasteiger partial charge in [0.1, 0.15) is 0 Å². The molecule has 0 radical (unpaired) electrons. The van der Waals surface area contributed by atoms with Crippen molar-refractivity contribution in [2.75, 3.05) is 26.4 Å². The van der Waals surface area contributed by atoms with E-state index in [1.54, 1.807) is 0 Å². The molecule has 4 nitrogen and oxygen atoms in total. The van der Waals surface area contributed by atoms with Crippen LogP contribution >= 0.6 is 34.7 Å². The van der Waals surface area contributed by atoms with Gasteiger partial charge in [0.05, 0.1) is 31.8 Å². The monoisotopic (exact) mass is 242 g/mol. The first-order valence-corrected chi connectivity index (χ1v) is 2.68. The molecular formula is C5H17Cl2O4P. The molecule has 4 N–H and O–H groups in total. The van der Waals surface area contributed by atoms with Crippen molar-refractivity contribution in [1.82, 2.24) is 0 Å². The molecule has 7 heteroatoms. The van der Waals surface area contributed by atoms with Gasteiger partial charge in [-0.3, -0.25) is 0 Å². The van der Waals surface area contributed by atoms with Crippen molar-refractivity contribution in [3.63, 3.8) is 0 Å². The summed E-state index contributed by atoms with van der Waals surface area (Å²) in [6, 6.07) is 0. The zero-order valence-electron chi connectivity index (χ0n) is 6.64. The summed E-state index contributed by atoms with van der Waals surface area (Å²) in [5.41, 5.74) is -1.11. The average molecular weight is 243 g/mol. The number of aliphatic hydroxyl groups excluding tert-OH is 4. The zero-order valence-corrected chi connectivity index (χ0v) is 9.69. The quantitative estimate of drug-likeness (QED) is 0.470. The van der Waals surface area contributed by atoms with Crippen molar-refractivity contribution in [3.8, 4) is 0 Å². The van der Waals surface area contributed by atoms with Crippen molar-refractivity contribution in [1.29, 1.82) is 0 Å². The van der Waals surface area contributed by atoms with Gasteiger partial charge in [0.2, 0.25) is 0 Å². The van der Waals surface area contributed by atoms with Crippen molar-refractivity contribution >= 4 is 34.7 Å². The molecule has 0 aromatic heterocycles. The van der Waals surface area contributed by atoms with Gasteiger partial charge in [-0.05, 0) is 0 Å². The Balaban J connectivity index is -0.000000107. The third-order valence-electron chi connectivity index (χ3n) is 1.34. The van der Waals surface area contributed by atoms with Crippen LogP contribution < -0.4 is 0 Å². The molecular weight excluding hydrogens is 226 g/mol. The first-order chi connectivity index (χ1) is 4.24. The highest BCUT2D eigenvalue weighted by molar-refractivity contribution is 6.92. The third-order valence-corrected chi connectivity index (χ3v) is 1.34. The second-order valence-corrected chi connectivity index (χ2v) is 2.13. The Morgan fingerprint density at radius 2 is 0.833 bits per heavy atom. The lowest BCUT2D eigenvalue weighted by molar-refractivity contribution is -0.0328. The van der Waals surface area contributed by atoms with Crippen LogP contribution in [0.15, 0.2) is 0 Å². The van der Waals surface area contributed by atoms with Crippen LogP contribution in [0.4, 0.5) is 0 Å². The molecule has 80 valence electrons. The van der Waals surface area contributed by atoms with Crippen LogP contribution in [0.2, 0.25) is 0 Å². The van der Waals surface area contributed by atoms with Gasteiger partial charge in [-0.25, -0.2) is 0 Å². The van der Waals surface area contributed by atoms with Gasteiger partial charge in [0.25, 0.3) is 0 Å². The first kappa shape index (κ1) is 23.0. The summed E-state index contributed by atoms with van der Waals surface area (Å²) in [5, 5.41) is 34.0. The van der Waals surface area contributed by atoms with Crippen LogP contribution in [-0.4, -0.2) is 46.9 Å². The molecule has 0 spiro atoms. The van der Waals surface area contributed by atoms with Gasteiger partial charge in [0.15, 0.2) is 0 Å². The maximum atomic E-state index is 8.50. The van der Waals surface area contributed by atoms with Gasteiger partial charge in [-0.1, -0.05) is 0 Å². The summed E-state index contributed by atoms with van der Waals surface area (Å²) in [6.07, 6.45) is 0. The molecule has 0 saturated carbocycles. The zero-order chi connectivity index (χ0) is 7.33. The van der Waals surface area contributed by atoms with Crippen molar-refractivity contribution in [3.05, 3.63) is 0 Å². The Morgan fingerprint density at radius 3 is 0.833 bits per heavy atom. The Bertz CT molecular complexity index is 64.3. The molecule has 0 aliphatic rings. The first-order valence-electron chi connectivity index (χ1n) is 2.68. The lowest BCUT2D eigenvalue weighted by Gasteiger charge is -2.23. The molecule has 0 fully saturated rings. The van der Waals surface area contributed by atoms with E-state index in [9.17, 15) is 0 Å². The van der Waals surface area contributed by atoms with Gasteiger partial charge in [-0.15, -0.1) is 24.8 Å². The molecule has 12 heavy (non-hydrogen) atoms. The lowest BCUT2D eigenvalue weighted by atomic mass is 9.93. The van der Waals surface area contributed by atoms with E-state index in [0.29, 0.717) is 0 Å². The Kier molecular flexibility index (Phi) is 22.8. The minimum Gasteiger partial charge on any atom is -0.396 e. The van der Waals surface area contributed by atoms with Crippen LogP contribution in [0, 0.1) is 5.41 Å². The largest absolute Gasteiger partial charge is 0.396 e. The SMILES string of the molecule is Cl.Cl.OCC(CO)(CO)CO.P. The van der Waals surface area contributed by atoms with E-state index in [-0.39, 0.29) is 34.7 Å². The fourth-order valence-electron chi connectivity index (χ4n) is 0.300. The normalized spacial score (nSPS) is 9.00. The number of halogens is 2. The van der Waals surface area contributed by atoms with Gasteiger partial charge >= 0.3 is 0 Å². The van der Waals surface area contributed by atoms with Gasteiger partial charge in [-0.2, -0.15) is 9.90 Å². The molecule has 0 saturated heterocycles. The number of aliphatic hydroxyl groups is 4. The Hall–Kier alpha value is 0.850. The highest BCUT2D eigenvalue weighted by Crippen LogP contribution is 2.11. The van der Waals surface area contributed by atoms with Crippen molar-refractivity contribution < 1.29 is 20.4 Å². The molecule has 0 aromatic carbocycles. The van der Waals surface area contributed by atoms with Crippen LogP contribution in [0.5, 0.6) is 0 Å². The van der Waals surface area contributed by atoms with E-state index in [0.717, 1.165) is 0 Å². The molecule has 0 heterocycles. The number of rotatable bonds is 4. The van der Waals surface area contributed by atoms with E-state index in [1.807, 2.05) is 0 Å². The number of hydrogen-bond acceptors (Lipinski definition) is 4. The van der Waals surface area contributed by atoms with E-state index >= 15 is 0 Å². The maximum Gasteiger partial charge on any atom is 0.0627 e. The Labute approximate surface area is 87.4 Å². The standard InChI is InChI=1S/C5H12O4.2ClH.H3P/c6-1-5(2-7,3-8)4-9;;;/h6-9H,1-4H2;2*1H;1H3. The topological polar surface area (TPSA) is 80.9 Å². The predicted molar refractivity (Wildman–Crippen MR) is 56.4 cm³/mol. The van der Waals surface area contributed by atoms with Crippen LogP contribution in [0.25, 0.3) is 0 Å². The Morgan fingerprint density at radius 1 is 0.667 bits per heavy atom. The average Bonchev–Trinajstić information content (AvgIpc) is 1.95. The van der Waals surface area contributed by atoms with Gasteiger partial charge < -0.3 is 20.4 Å². The van der Waals surface area contributed by atoms with Crippen molar-refractivity contribution in [2.24, 2.45) is 5.41 Å². The molecule has 0 aliphatic carbocycles. The molecule has 1 atom stereocenters. The van der Waals surface area contributed by atoms with Gasteiger partial charge in [0, 0.05) is 0 Å². The van der Waals surface area contributed by atoms with Crippen LogP contribution in [0.3, 0.4) is 0 Å². The van der Waals surface area contributed by atoms with Crippen LogP contribution in [0.1, 0.15) is 0 Å². The highest BCUT2D eigenvalue weighted by Gasteiger charge is 2.26. The summed E-state index contributed by atoms with van der Waals surface area (Å²) in [6.45, 7) is -1.62. The molecule has 1 unspecified atom stereocenters. The van der Waals surface area contributed by atoms with Crippen molar-refractivity contribution in [2.45, 2.75) is 0 Å². The third kappa shape index (κ3) is 6.38. The van der Waals surface area contributed by atoms with E-state index in [1.165, 1.54) is 0 Å². The summed E-state index contributed by atoms with van der Waals surface area (Å²) < 4.78 is 0. The van der Waals surface area contributed by atoms with E-state index in [4.69, 9.17) is 20.4 Å². The molecule has 0 bridgehead atoms.